The van der Waals surface area contributed by atoms with Crippen LogP contribution in [0.25, 0.3) is 0 Å². The van der Waals surface area contributed by atoms with Crippen LogP contribution in [0.2, 0.25) is 0 Å². The monoisotopic (exact) mass is 315 g/mol. The van der Waals surface area contributed by atoms with Gasteiger partial charge in [-0.3, -0.25) is 4.79 Å². The predicted octanol–water partition coefficient (Wildman–Crippen LogP) is 4.30. The molecule has 2 aromatic carbocycles. The Bertz CT molecular complexity index is 625. The second-order valence-electron chi connectivity index (χ2n) is 4.90. The first-order valence-electron chi connectivity index (χ1n) is 7.32. The first-order chi connectivity index (χ1) is 10.7. The molecule has 0 radical (unpaired) electrons. The van der Waals surface area contributed by atoms with Gasteiger partial charge in [-0.1, -0.05) is 24.3 Å². The molecular formula is C18H21NO2S. The highest BCUT2D eigenvalue weighted by Crippen LogP contribution is 2.22. The molecule has 1 N–H and O–H groups in total. The average molecular weight is 315 g/mol. The molecular weight excluding hydrogens is 294 g/mol. The topological polar surface area (TPSA) is 38.3 Å². The van der Waals surface area contributed by atoms with Crippen LogP contribution in [-0.2, 0) is 0 Å². The molecule has 0 aliphatic heterocycles. The SMILES string of the molecule is CCOc1ccc([C@H](C)NC(=O)c2ccccc2SC)cc1. The zero-order valence-electron chi connectivity index (χ0n) is 13.1. The maximum absolute atomic E-state index is 12.4. The molecule has 4 heteroatoms. The Balaban J connectivity index is 2.07. The first kappa shape index (κ1) is 16.4. The first-order valence-corrected chi connectivity index (χ1v) is 8.54. The van der Waals surface area contributed by atoms with E-state index in [0.29, 0.717) is 12.2 Å². The van der Waals surface area contributed by atoms with Crippen molar-refractivity contribution in [3.05, 3.63) is 59.7 Å². The normalized spacial score (nSPS) is 11.8. The van der Waals surface area contributed by atoms with Gasteiger partial charge in [0.15, 0.2) is 0 Å². The van der Waals surface area contributed by atoms with Gasteiger partial charge in [0.2, 0.25) is 0 Å². The molecule has 0 bridgehead atoms. The van der Waals surface area contributed by atoms with E-state index in [1.165, 1.54) is 0 Å². The van der Waals surface area contributed by atoms with Gasteiger partial charge in [-0.15, -0.1) is 11.8 Å². The summed E-state index contributed by atoms with van der Waals surface area (Å²) in [6.45, 7) is 4.59. The number of amides is 1. The summed E-state index contributed by atoms with van der Waals surface area (Å²) in [4.78, 5) is 13.4. The van der Waals surface area contributed by atoms with Gasteiger partial charge < -0.3 is 10.1 Å². The van der Waals surface area contributed by atoms with Crippen molar-refractivity contribution in [1.82, 2.24) is 5.32 Å². The van der Waals surface area contributed by atoms with Crippen molar-refractivity contribution in [2.75, 3.05) is 12.9 Å². The van der Waals surface area contributed by atoms with E-state index in [9.17, 15) is 4.79 Å². The Labute approximate surface area is 136 Å². The van der Waals surface area contributed by atoms with E-state index in [1.54, 1.807) is 11.8 Å². The summed E-state index contributed by atoms with van der Waals surface area (Å²) >= 11 is 1.58. The minimum absolute atomic E-state index is 0.0497. The maximum atomic E-state index is 12.4. The molecule has 0 heterocycles. The van der Waals surface area contributed by atoms with Crippen LogP contribution in [-0.4, -0.2) is 18.8 Å². The number of nitrogens with one attached hydrogen (secondary N) is 1. The van der Waals surface area contributed by atoms with Crippen LogP contribution in [0.15, 0.2) is 53.4 Å². The number of thioether (sulfide) groups is 1. The minimum Gasteiger partial charge on any atom is -0.494 e. The van der Waals surface area contributed by atoms with Crippen molar-refractivity contribution in [1.29, 1.82) is 0 Å². The minimum atomic E-state index is -0.0573. The fourth-order valence-corrected chi connectivity index (χ4v) is 2.80. The lowest BCUT2D eigenvalue weighted by Crippen LogP contribution is -2.27. The number of carbonyl (C=O) groups excluding carboxylic acids is 1. The smallest absolute Gasteiger partial charge is 0.252 e. The van der Waals surface area contributed by atoms with E-state index in [2.05, 4.69) is 5.32 Å². The Hall–Kier alpha value is -1.94. The van der Waals surface area contributed by atoms with Crippen molar-refractivity contribution in [2.45, 2.75) is 24.8 Å². The lowest BCUT2D eigenvalue weighted by molar-refractivity contribution is 0.0937. The molecule has 0 spiro atoms. The largest absolute Gasteiger partial charge is 0.494 e. The highest BCUT2D eigenvalue weighted by molar-refractivity contribution is 7.98. The maximum Gasteiger partial charge on any atom is 0.252 e. The summed E-state index contributed by atoms with van der Waals surface area (Å²) in [5.74, 6) is 0.795. The van der Waals surface area contributed by atoms with E-state index in [1.807, 2.05) is 68.6 Å². The zero-order chi connectivity index (χ0) is 15.9. The lowest BCUT2D eigenvalue weighted by Gasteiger charge is -2.16. The Morgan fingerprint density at radius 1 is 1.18 bits per heavy atom. The van der Waals surface area contributed by atoms with Gasteiger partial charge in [0.1, 0.15) is 5.75 Å². The fraction of sp³-hybridized carbons (Fsp3) is 0.278. The molecule has 3 nitrogen and oxygen atoms in total. The second-order valence-corrected chi connectivity index (χ2v) is 5.75. The Kier molecular flexibility index (Phi) is 5.90. The van der Waals surface area contributed by atoms with E-state index < -0.39 is 0 Å². The molecule has 116 valence electrons. The van der Waals surface area contributed by atoms with E-state index in [0.717, 1.165) is 16.2 Å². The summed E-state index contributed by atoms with van der Waals surface area (Å²) in [7, 11) is 0. The number of carbonyl (C=O) groups is 1. The summed E-state index contributed by atoms with van der Waals surface area (Å²) in [6.07, 6.45) is 1.97. The van der Waals surface area contributed by atoms with Crippen LogP contribution in [0.3, 0.4) is 0 Å². The van der Waals surface area contributed by atoms with Gasteiger partial charge in [-0.25, -0.2) is 0 Å². The standard InChI is InChI=1S/C18H21NO2S/c1-4-21-15-11-9-14(10-12-15)13(2)19-18(20)16-7-5-6-8-17(16)22-3/h5-13H,4H2,1-3H3,(H,19,20)/t13-/m0/s1. The molecule has 0 unspecified atom stereocenters. The van der Waals surface area contributed by atoms with Gasteiger partial charge in [0.05, 0.1) is 18.2 Å². The Morgan fingerprint density at radius 2 is 1.86 bits per heavy atom. The fourth-order valence-electron chi connectivity index (χ4n) is 2.21. The average Bonchev–Trinajstić information content (AvgIpc) is 2.55. The molecule has 0 aliphatic carbocycles. The summed E-state index contributed by atoms with van der Waals surface area (Å²) in [5, 5.41) is 3.05. The van der Waals surface area contributed by atoms with Gasteiger partial charge in [0, 0.05) is 4.90 Å². The molecule has 0 aliphatic rings. The third kappa shape index (κ3) is 4.04. The van der Waals surface area contributed by atoms with E-state index in [4.69, 9.17) is 4.74 Å². The molecule has 0 fully saturated rings. The van der Waals surface area contributed by atoms with E-state index in [-0.39, 0.29) is 11.9 Å². The van der Waals surface area contributed by atoms with Gasteiger partial charge in [0.25, 0.3) is 5.91 Å². The molecule has 22 heavy (non-hydrogen) atoms. The summed E-state index contributed by atoms with van der Waals surface area (Å²) in [5.41, 5.74) is 1.77. The number of ether oxygens (including phenoxy) is 1. The molecule has 0 saturated carbocycles. The summed E-state index contributed by atoms with van der Waals surface area (Å²) in [6, 6.07) is 15.4. The molecule has 0 saturated heterocycles. The van der Waals surface area contributed by atoms with Gasteiger partial charge in [-0.2, -0.15) is 0 Å². The van der Waals surface area contributed by atoms with Crippen molar-refractivity contribution < 1.29 is 9.53 Å². The van der Waals surface area contributed by atoms with Gasteiger partial charge in [-0.05, 0) is 49.9 Å². The van der Waals surface area contributed by atoms with E-state index >= 15 is 0 Å². The third-order valence-electron chi connectivity index (χ3n) is 3.39. The molecule has 1 atom stereocenters. The number of benzene rings is 2. The van der Waals surface area contributed by atoms with Crippen LogP contribution in [0, 0.1) is 0 Å². The third-order valence-corrected chi connectivity index (χ3v) is 4.19. The second kappa shape index (κ2) is 7.90. The van der Waals surface area contributed by atoms with Crippen molar-refractivity contribution in [3.8, 4) is 5.75 Å². The number of hydrogen-bond acceptors (Lipinski definition) is 3. The predicted molar refractivity (Wildman–Crippen MR) is 91.7 cm³/mol. The number of hydrogen-bond donors (Lipinski definition) is 1. The zero-order valence-corrected chi connectivity index (χ0v) is 13.9. The molecule has 1 amide bonds. The highest BCUT2D eigenvalue weighted by Gasteiger charge is 2.14. The molecule has 2 rings (SSSR count). The Morgan fingerprint density at radius 3 is 2.50 bits per heavy atom. The molecule has 2 aromatic rings. The van der Waals surface area contributed by atoms with Crippen LogP contribution < -0.4 is 10.1 Å². The quantitative estimate of drug-likeness (QED) is 0.808. The van der Waals surface area contributed by atoms with Gasteiger partial charge >= 0.3 is 0 Å². The van der Waals surface area contributed by atoms with Crippen molar-refractivity contribution in [3.63, 3.8) is 0 Å². The van der Waals surface area contributed by atoms with Crippen LogP contribution in [0.5, 0.6) is 5.75 Å². The van der Waals surface area contributed by atoms with Crippen LogP contribution in [0.1, 0.15) is 35.8 Å². The lowest BCUT2D eigenvalue weighted by atomic mass is 10.1. The van der Waals surface area contributed by atoms with Crippen LogP contribution >= 0.6 is 11.8 Å². The molecule has 0 aromatic heterocycles. The van der Waals surface area contributed by atoms with Crippen molar-refractivity contribution >= 4 is 17.7 Å². The highest BCUT2D eigenvalue weighted by atomic mass is 32.2. The number of rotatable bonds is 6. The summed E-state index contributed by atoms with van der Waals surface area (Å²) < 4.78 is 5.43. The van der Waals surface area contributed by atoms with Crippen molar-refractivity contribution in [2.24, 2.45) is 0 Å². The van der Waals surface area contributed by atoms with Crippen LogP contribution in [0.4, 0.5) is 0 Å².